The monoisotopic (exact) mass is 389 g/mol. The van der Waals surface area contributed by atoms with Crippen LogP contribution in [0.5, 0.6) is 0 Å². The maximum atomic E-state index is 13.7. The molecule has 1 aliphatic rings. The minimum Gasteiger partial charge on any atom is -0.503 e. The summed E-state index contributed by atoms with van der Waals surface area (Å²) in [6, 6.07) is 11.6. The SMILES string of the molecule is CC(=O)C1=C(O)C(=O)N(c2ccc(Br)cc2)[C@@H]1c1cccc(F)c1. The van der Waals surface area contributed by atoms with Gasteiger partial charge in [-0.05, 0) is 48.9 Å². The van der Waals surface area contributed by atoms with Gasteiger partial charge in [-0.2, -0.15) is 0 Å². The Morgan fingerprint density at radius 3 is 2.46 bits per heavy atom. The van der Waals surface area contributed by atoms with E-state index in [0.717, 1.165) is 4.47 Å². The Balaban J connectivity index is 2.18. The van der Waals surface area contributed by atoms with Crippen molar-refractivity contribution in [1.82, 2.24) is 0 Å². The van der Waals surface area contributed by atoms with E-state index in [-0.39, 0.29) is 5.57 Å². The van der Waals surface area contributed by atoms with Gasteiger partial charge in [0.05, 0.1) is 11.6 Å². The van der Waals surface area contributed by atoms with Gasteiger partial charge in [-0.25, -0.2) is 4.39 Å². The lowest BCUT2D eigenvalue weighted by atomic mass is 9.96. The number of carbonyl (C=O) groups excluding carboxylic acids is 2. The van der Waals surface area contributed by atoms with Crippen LogP contribution in [0.1, 0.15) is 18.5 Å². The van der Waals surface area contributed by atoms with Crippen molar-refractivity contribution in [3.63, 3.8) is 0 Å². The van der Waals surface area contributed by atoms with Crippen molar-refractivity contribution in [3.8, 4) is 0 Å². The normalized spacial score (nSPS) is 17.5. The fraction of sp³-hybridized carbons (Fsp3) is 0.111. The van der Waals surface area contributed by atoms with Crippen LogP contribution in [0.3, 0.4) is 0 Å². The molecule has 0 bridgehead atoms. The molecule has 1 N–H and O–H groups in total. The molecular weight excluding hydrogens is 377 g/mol. The van der Waals surface area contributed by atoms with Crippen LogP contribution in [0.25, 0.3) is 0 Å². The number of hydrogen-bond donors (Lipinski definition) is 1. The van der Waals surface area contributed by atoms with Gasteiger partial charge in [0.2, 0.25) is 0 Å². The first-order valence-corrected chi connectivity index (χ1v) is 7.98. The van der Waals surface area contributed by atoms with Crippen LogP contribution in [-0.2, 0) is 9.59 Å². The number of hydrogen-bond acceptors (Lipinski definition) is 3. The summed E-state index contributed by atoms with van der Waals surface area (Å²) in [7, 11) is 0. The van der Waals surface area contributed by atoms with E-state index in [1.54, 1.807) is 30.3 Å². The van der Waals surface area contributed by atoms with Crippen molar-refractivity contribution in [2.45, 2.75) is 13.0 Å². The van der Waals surface area contributed by atoms with Crippen LogP contribution < -0.4 is 4.90 Å². The van der Waals surface area contributed by atoms with E-state index >= 15 is 0 Å². The van der Waals surface area contributed by atoms with E-state index in [1.165, 1.54) is 30.0 Å². The number of carbonyl (C=O) groups is 2. The van der Waals surface area contributed by atoms with Crippen LogP contribution in [0.2, 0.25) is 0 Å². The third-order valence-electron chi connectivity index (χ3n) is 3.86. The van der Waals surface area contributed by atoms with Crippen LogP contribution in [0, 0.1) is 5.82 Å². The fourth-order valence-corrected chi connectivity index (χ4v) is 3.09. The molecule has 4 nitrogen and oxygen atoms in total. The molecule has 0 aromatic heterocycles. The largest absolute Gasteiger partial charge is 0.503 e. The van der Waals surface area contributed by atoms with Crippen LogP contribution >= 0.6 is 15.9 Å². The van der Waals surface area contributed by atoms with E-state index < -0.39 is 29.3 Å². The molecule has 1 heterocycles. The first-order valence-electron chi connectivity index (χ1n) is 7.19. The molecule has 0 fully saturated rings. The van der Waals surface area contributed by atoms with Crippen LogP contribution in [0.4, 0.5) is 10.1 Å². The summed E-state index contributed by atoms with van der Waals surface area (Å²) in [4.78, 5) is 25.8. The first-order chi connectivity index (χ1) is 11.4. The summed E-state index contributed by atoms with van der Waals surface area (Å²) in [5.74, 6) is -2.20. The second-order valence-electron chi connectivity index (χ2n) is 5.43. The Hall–Kier alpha value is -2.47. The average Bonchev–Trinajstić information content (AvgIpc) is 2.80. The van der Waals surface area contributed by atoms with E-state index in [0.29, 0.717) is 11.3 Å². The molecule has 1 atom stereocenters. The van der Waals surface area contributed by atoms with Gasteiger partial charge >= 0.3 is 0 Å². The summed E-state index contributed by atoms with van der Waals surface area (Å²) in [6.07, 6.45) is 0. The number of anilines is 1. The molecule has 0 radical (unpaired) electrons. The summed E-state index contributed by atoms with van der Waals surface area (Å²) in [5.41, 5.74) is 0.884. The van der Waals surface area contributed by atoms with E-state index in [1.807, 2.05) is 0 Å². The molecule has 0 saturated carbocycles. The highest BCUT2D eigenvalue weighted by molar-refractivity contribution is 9.10. The fourth-order valence-electron chi connectivity index (χ4n) is 2.82. The number of Topliss-reactive ketones (excluding diaryl/α,β-unsaturated/α-hetero) is 1. The molecule has 1 amide bonds. The number of aliphatic hydroxyl groups is 1. The molecule has 2 aromatic carbocycles. The minimum absolute atomic E-state index is 0.0338. The molecule has 24 heavy (non-hydrogen) atoms. The Labute approximate surface area is 146 Å². The van der Waals surface area contributed by atoms with Gasteiger partial charge in [0.25, 0.3) is 5.91 Å². The Kier molecular flexibility index (Phi) is 4.24. The zero-order valence-electron chi connectivity index (χ0n) is 12.7. The van der Waals surface area contributed by atoms with Gasteiger partial charge in [-0.3, -0.25) is 14.5 Å². The molecule has 0 unspecified atom stereocenters. The highest BCUT2D eigenvalue weighted by atomic mass is 79.9. The van der Waals surface area contributed by atoms with E-state index in [4.69, 9.17) is 0 Å². The van der Waals surface area contributed by atoms with Gasteiger partial charge in [-0.15, -0.1) is 0 Å². The van der Waals surface area contributed by atoms with Gasteiger partial charge in [0.1, 0.15) is 5.82 Å². The van der Waals surface area contributed by atoms with Gasteiger partial charge in [0, 0.05) is 10.2 Å². The Morgan fingerprint density at radius 1 is 1.21 bits per heavy atom. The second kappa shape index (κ2) is 6.20. The minimum atomic E-state index is -0.869. The zero-order chi connectivity index (χ0) is 17.4. The number of rotatable bonds is 3. The van der Waals surface area contributed by atoms with Crippen LogP contribution in [-0.4, -0.2) is 16.8 Å². The highest BCUT2D eigenvalue weighted by Crippen LogP contribution is 2.41. The van der Waals surface area contributed by atoms with Gasteiger partial charge in [0.15, 0.2) is 11.5 Å². The van der Waals surface area contributed by atoms with Crippen molar-refractivity contribution in [1.29, 1.82) is 0 Å². The molecule has 2 aromatic rings. The number of halogens is 2. The van der Waals surface area contributed by atoms with Gasteiger partial charge in [-0.1, -0.05) is 28.1 Å². The van der Waals surface area contributed by atoms with E-state index in [2.05, 4.69) is 15.9 Å². The van der Waals surface area contributed by atoms with Crippen molar-refractivity contribution in [2.75, 3.05) is 4.90 Å². The molecule has 6 heteroatoms. The summed E-state index contributed by atoms with van der Waals surface area (Å²) in [6.45, 7) is 1.27. The molecule has 3 rings (SSSR count). The molecule has 1 aliphatic heterocycles. The van der Waals surface area contributed by atoms with E-state index in [9.17, 15) is 19.1 Å². The van der Waals surface area contributed by atoms with Gasteiger partial charge < -0.3 is 5.11 Å². The van der Waals surface area contributed by atoms with Crippen molar-refractivity contribution in [3.05, 3.63) is 75.7 Å². The smallest absolute Gasteiger partial charge is 0.294 e. The summed E-state index contributed by atoms with van der Waals surface area (Å²) in [5, 5.41) is 10.2. The lowest BCUT2D eigenvalue weighted by Gasteiger charge is -2.26. The zero-order valence-corrected chi connectivity index (χ0v) is 14.2. The predicted molar refractivity (Wildman–Crippen MR) is 91.1 cm³/mol. The molecule has 0 aliphatic carbocycles. The quantitative estimate of drug-likeness (QED) is 0.860. The maximum absolute atomic E-state index is 13.7. The van der Waals surface area contributed by atoms with Crippen molar-refractivity contribution >= 4 is 33.3 Å². The predicted octanol–water partition coefficient (Wildman–Crippen LogP) is 4.08. The standard InChI is InChI=1S/C18H13BrFNO3/c1-10(22)15-16(11-3-2-4-13(20)9-11)21(18(24)17(15)23)14-7-5-12(19)6-8-14/h2-9,16,23H,1H3/t16-/m1/s1. The van der Waals surface area contributed by atoms with Crippen LogP contribution in [0.15, 0.2) is 64.3 Å². The Morgan fingerprint density at radius 2 is 1.88 bits per heavy atom. The molecule has 0 spiro atoms. The number of nitrogens with zero attached hydrogens (tertiary/aromatic N) is 1. The summed E-state index contributed by atoms with van der Waals surface area (Å²) < 4.78 is 14.5. The molecule has 0 saturated heterocycles. The van der Waals surface area contributed by atoms with Crippen molar-refractivity contribution in [2.24, 2.45) is 0 Å². The third-order valence-corrected chi connectivity index (χ3v) is 4.39. The van der Waals surface area contributed by atoms with Crippen molar-refractivity contribution < 1.29 is 19.1 Å². The summed E-state index contributed by atoms with van der Waals surface area (Å²) >= 11 is 3.32. The Bertz CT molecular complexity index is 861. The number of benzene rings is 2. The number of amides is 1. The maximum Gasteiger partial charge on any atom is 0.294 e. The third kappa shape index (κ3) is 2.73. The molecule has 122 valence electrons. The second-order valence-corrected chi connectivity index (χ2v) is 6.34. The highest BCUT2D eigenvalue weighted by Gasteiger charge is 2.43. The number of ketones is 1. The first kappa shape index (κ1) is 16.4. The lowest BCUT2D eigenvalue weighted by Crippen LogP contribution is -2.30. The average molecular weight is 390 g/mol. The lowest BCUT2D eigenvalue weighted by molar-refractivity contribution is -0.117. The molecular formula is C18H13BrFNO3. The number of aliphatic hydroxyl groups excluding tert-OH is 1. The topological polar surface area (TPSA) is 57.6 Å².